The van der Waals surface area contributed by atoms with E-state index in [1.807, 2.05) is 26.0 Å². The highest BCUT2D eigenvalue weighted by molar-refractivity contribution is 6.05. The van der Waals surface area contributed by atoms with Gasteiger partial charge < -0.3 is 0 Å². The Balaban J connectivity index is 2.33. The van der Waals surface area contributed by atoms with E-state index in [0.717, 1.165) is 0 Å². The second-order valence-electron chi connectivity index (χ2n) is 3.90. The van der Waals surface area contributed by atoms with Crippen molar-refractivity contribution in [1.29, 1.82) is 0 Å². The number of ketones is 1. The van der Waals surface area contributed by atoms with Gasteiger partial charge in [0.05, 0.1) is 0 Å². The quantitative estimate of drug-likeness (QED) is 0.645. The maximum atomic E-state index is 12.2. The zero-order valence-electron chi connectivity index (χ0n) is 8.27. The van der Waals surface area contributed by atoms with E-state index in [9.17, 15) is 4.79 Å². The molecule has 0 bridgehead atoms. The lowest BCUT2D eigenvalue weighted by Gasteiger charge is -2.25. The van der Waals surface area contributed by atoms with Crippen LogP contribution in [-0.4, -0.2) is 29.3 Å². The van der Waals surface area contributed by atoms with Crippen LogP contribution in [0.1, 0.15) is 13.8 Å². The molecule has 2 unspecified atom stereocenters. The molecule has 0 aromatic heterocycles. The zero-order valence-corrected chi connectivity index (χ0v) is 8.27. The molecule has 2 heterocycles. The van der Waals surface area contributed by atoms with Crippen LogP contribution in [0.2, 0.25) is 0 Å². The first-order valence-corrected chi connectivity index (χ1v) is 4.58. The van der Waals surface area contributed by atoms with E-state index in [1.165, 1.54) is 0 Å². The molecule has 14 heavy (non-hydrogen) atoms. The standard InChI is InChI=1S/C11H12N2O/c1-10(5-3-7-12-10)9(14)11(2)6-4-8-13-11/h3-8H,1-2H3. The van der Waals surface area contributed by atoms with E-state index < -0.39 is 11.1 Å². The fourth-order valence-corrected chi connectivity index (χ4v) is 1.72. The molecule has 2 aliphatic heterocycles. The van der Waals surface area contributed by atoms with Crippen molar-refractivity contribution in [2.75, 3.05) is 0 Å². The zero-order chi connectivity index (χ0) is 10.2. The van der Waals surface area contributed by atoms with Crippen LogP contribution < -0.4 is 0 Å². The van der Waals surface area contributed by atoms with Crippen molar-refractivity contribution in [3.63, 3.8) is 0 Å². The Kier molecular flexibility index (Phi) is 1.77. The van der Waals surface area contributed by atoms with Gasteiger partial charge in [0.15, 0.2) is 5.78 Å². The third-order valence-electron chi connectivity index (χ3n) is 2.62. The molecule has 0 N–H and O–H groups in total. The average molecular weight is 188 g/mol. The Morgan fingerprint density at radius 1 is 1.00 bits per heavy atom. The Labute approximate surface area is 82.9 Å². The maximum absolute atomic E-state index is 12.2. The molecule has 2 aliphatic rings. The molecule has 3 heteroatoms. The topological polar surface area (TPSA) is 41.8 Å². The lowest BCUT2D eigenvalue weighted by atomic mass is 9.84. The lowest BCUT2D eigenvalue weighted by Crippen LogP contribution is -2.44. The lowest BCUT2D eigenvalue weighted by molar-refractivity contribution is -0.125. The first kappa shape index (κ1) is 9.06. The second kappa shape index (κ2) is 2.74. The number of hydrogen-bond acceptors (Lipinski definition) is 3. The Hall–Kier alpha value is -1.51. The predicted molar refractivity (Wildman–Crippen MR) is 57.1 cm³/mol. The number of nitrogens with zero attached hydrogens (tertiary/aromatic N) is 2. The van der Waals surface area contributed by atoms with Crippen LogP contribution >= 0.6 is 0 Å². The summed E-state index contributed by atoms with van der Waals surface area (Å²) < 4.78 is 0. The van der Waals surface area contributed by atoms with Gasteiger partial charge in [-0.05, 0) is 38.2 Å². The number of allylic oxidation sites excluding steroid dienone is 2. The van der Waals surface area contributed by atoms with Crippen molar-refractivity contribution in [2.45, 2.75) is 24.9 Å². The Morgan fingerprint density at radius 3 is 1.71 bits per heavy atom. The van der Waals surface area contributed by atoms with Gasteiger partial charge in [-0.25, -0.2) is 0 Å². The summed E-state index contributed by atoms with van der Waals surface area (Å²) in [6, 6.07) is 0. The molecular weight excluding hydrogens is 176 g/mol. The highest BCUT2D eigenvalue weighted by Gasteiger charge is 2.43. The van der Waals surface area contributed by atoms with Crippen molar-refractivity contribution in [3.8, 4) is 0 Å². The van der Waals surface area contributed by atoms with Crippen LogP contribution in [0.5, 0.6) is 0 Å². The summed E-state index contributed by atoms with van der Waals surface area (Å²) in [6.07, 6.45) is 10.5. The second-order valence-corrected chi connectivity index (χ2v) is 3.90. The van der Waals surface area contributed by atoms with Crippen molar-refractivity contribution in [1.82, 2.24) is 0 Å². The number of rotatable bonds is 2. The summed E-state index contributed by atoms with van der Waals surface area (Å²) in [6.45, 7) is 3.62. The molecular formula is C11H12N2O. The summed E-state index contributed by atoms with van der Waals surface area (Å²) in [7, 11) is 0. The van der Waals surface area contributed by atoms with Gasteiger partial charge in [0.2, 0.25) is 0 Å². The number of carbonyl (C=O) groups is 1. The number of hydrogen-bond donors (Lipinski definition) is 0. The highest BCUT2D eigenvalue weighted by atomic mass is 16.1. The van der Waals surface area contributed by atoms with Gasteiger partial charge in [0, 0.05) is 12.4 Å². The Morgan fingerprint density at radius 2 is 1.43 bits per heavy atom. The molecule has 2 rings (SSSR count). The van der Waals surface area contributed by atoms with Gasteiger partial charge in [-0.2, -0.15) is 0 Å². The minimum absolute atomic E-state index is 0.0139. The van der Waals surface area contributed by atoms with Gasteiger partial charge in [-0.1, -0.05) is 0 Å². The van der Waals surface area contributed by atoms with Crippen molar-refractivity contribution >= 4 is 18.2 Å². The largest absolute Gasteiger partial charge is 0.293 e. The smallest absolute Gasteiger partial charge is 0.195 e. The van der Waals surface area contributed by atoms with Crippen LogP contribution in [0.25, 0.3) is 0 Å². The van der Waals surface area contributed by atoms with Crippen molar-refractivity contribution in [2.24, 2.45) is 9.98 Å². The molecule has 0 amide bonds. The number of Topliss-reactive ketones (excluding diaryl/α,β-unsaturated/α-hetero) is 1. The first-order chi connectivity index (χ1) is 6.57. The summed E-state index contributed by atoms with van der Waals surface area (Å²) in [4.78, 5) is 20.5. The molecule has 0 aliphatic carbocycles. The van der Waals surface area contributed by atoms with Crippen molar-refractivity contribution in [3.05, 3.63) is 24.3 Å². The van der Waals surface area contributed by atoms with Gasteiger partial charge in [-0.15, -0.1) is 0 Å². The molecule has 72 valence electrons. The SMILES string of the molecule is CC1(C(=O)C2(C)C=CC=N2)C=CC=N1. The van der Waals surface area contributed by atoms with Gasteiger partial charge >= 0.3 is 0 Å². The van der Waals surface area contributed by atoms with E-state index in [1.54, 1.807) is 24.6 Å². The predicted octanol–water partition coefficient (Wildman–Crippen LogP) is 1.35. The van der Waals surface area contributed by atoms with Crippen LogP contribution in [-0.2, 0) is 4.79 Å². The third-order valence-corrected chi connectivity index (χ3v) is 2.62. The molecule has 3 nitrogen and oxygen atoms in total. The molecule has 0 fully saturated rings. The van der Waals surface area contributed by atoms with Gasteiger partial charge in [-0.3, -0.25) is 14.8 Å². The normalized spacial score (nSPS) is 38.4. The van der Waals surface area contributed by atoms with E-state index in [4.69, 9.17) is 0 Å². The van der Waals surface area contributed by atoms with Crippen LogP contribution in [0.3, 0.4) is 0 Å². The minimum Gasteiger partial charge on any atom is -0.293 e. The van der Waals surface area contributed by atoms with E-state index in [-0.39, 0.29) is 5.78 Å². The maximum Gasteiger partial charge on any atom is 0.195 e. The minimum atomic E-state index is -0.735. The monoisotopic (exact) mass is 188 g/mol. The van der Waals surface area contributed by atoms with E-state index in [0.29, 0.717) is 0 Å². The summed E-state index contributed by atoms with van der Waals surface area (Å²) in [5, 5.41) is 0. The number of carbonyl (C=O) groups excluding carboxylic acids is 1. The van der Waals surface area contributed by atoms with Gasteiger partial charge in [0.1, 0.15) is 11.1 Å². The van der Waals surface area contributed by atoms with E-state index in [2.05, 4.69) is 9.98 Å². The fourth-order valence-electron chi connectivity index (χ4n) is 1.72. The molecule has 2 atom stereocenters. The average Bonchev–Trinajstić information content (AvgIpc) is 2.75. The first-order valence-electron chi connectivity index (χ1n) is 4.58. The fraction of sp³-hybridized carbons (Fsp3) is 0.364. The van der Waals surface area contributed by atoms with Gasteiger partial charge in [0.25, 0.3) is 0 Å². The summed E-state index contributed by atoms with van der Waals surface area (Å²) >= 11 is 0. The summed E-state index contributed by atoms with van der Waals surface area (Å²) in [5.74, 6) is 0.0139. The molecule has 0 spiro atoms. The van der Waals surface area contributed by atoms with E-state index >= 15 is 0 Å². The van der Waals surface area contributed by atoms with Crippen LogP contribution in [0, 0.1) is 0 Å². The number of aliphatic imine (C=N–C) groups is 2. The van der Waals surface area contributed by atoms with Crippen LogP contribution in [0.15, 0.2) is 34.3 Å². The van der Waals surface area contributed by atoms with Crippen LogP contribution in [0.4, 0.5) is 0 Å². The molecule has 0 aromatic carbocycles. The van der Waals surface area contributed by atoms with Crippen molar-refractivity contribution < 1.29 is 4.79 Å². The highest BCUT2D eigenvalue weighted by Crippen LogP contribution is 2.28. The molecule has 0 aromatic rings. The molecule has 0 saturated heterocycles. The molecule has 0 radical (unpaired) electrons. The summed E-state index contributed by atoms with van der Waals surface area (Å²) in [5.41, 5.74) is -1.47. The Bertz CT molecular complexity index is 328. The molecule has 0 saturated carbocycles. The third kappa shape index (κ3) is 1.16.